The van der Waals surface area contributed by atoms with Gasteiger partial charge in [-0.15, -0.1) is 11.6 Å². The molecule has 0 radical (unpaired) electrons. The third-order valence-electron chi connectivity index (χ3n) is 5.13. The second-order valence-corrected chi connectivity index (χ2v) is 8.21. The van der Waals surface area contributed by atoms with E-state index in [-0.39, 0.29) is 17.2 Å². The Morgan fingerprint density at radius 3 is 2.75 bits per heavy atom. The number of hydrogen-bond acceptors (Lipinski definition) is 5. The summed E-state index contributed by atoms with van der Waals surface area (Å²) in [7, 11) is 0. The molecule has 0 aliphatic carbocycles. The van der Waals surface area contributed by atoms with Crippen molar-refractivity contribution >= 4 is 23.7 Å². The van der Waals surface area contributed by atoms with Crippen molar-refractivity contribution in [1.29, 1.82) is 0 Å². The van der Waals surface area contributed by atoms with Crippen molar-refractivity contribution < 1.29 is 4.79 Å². The zero-order chi connectivity index (χ0) is 21.1. The van der Waals surface area contributed by atoms with Gasteiger partial charge in [-0.1, -0.05) is 45.3 Å². The van der Waals surface area contributed by atoms with E-state index >= 15 is 0 Å². The van der Waals surface area contributed by atoms with Gasteiger partial charge in [0, 0.05) is 24.7 Å². The molecule has 0 saturated heterocycles. The molecule has 1 amide bonds. The zero-order valence-electron chi connectivity index (χ0n) is 17.7. The first kappa shape index (κ1) is 24.7. The van der Waals surface area contributed by atoms with Crippen LogP contribution in [0.15, 0.2) is 28.5 Å². The van der Waals surface area contributed by atoms with Crippen molar-refractivity contribution in [2.24, 2.45) is 28.3 Å². The van der Waals surface area contributed by atoms with Gasteiger partial charge in [-0.3, -0.25) is 9.79 Å². The second kappa shape index (κ2) is 13.0. The number of hydrogen-bond donors (Lipinski definition) is 4. The molecule has 4 unspecified atom stereocenters. The normalized spacial score (nSPS) is 21.2. The molecule has 0 aromatic rings. The second-order valence-electron chi connectivity index (χ2n) is 7.65. The van der Waals surface area contributed by atoms with Crippen LogP contribution < -0.4 is 22.1 Å². The fraction of sp³-hybridized carbons (Fsp3) is 0.714. The lowest BCUT2D eigenvalue weighted by molar-refractivity contribution is -0.125. The molecule has 0 fully saturated rings. The van der Waals surface area contributed by atoms with Crippen molar-refractivity contribution in [1.82, 2.24) is 10.6 Å². The topological polar surface area (TPSA) is 106 Å². The van der Waals surface area contributed by atoms with E-state index < -0.39 is 18.1 Å². The SMILES string of the molecule is CCCCC(Cl)C=NC(/C=C(/C)CC)C(C(=O)NC1=CNCCC1C)C(N)N. The van der Waals surface area contributed by atoms with Crippen molar-refractivity contribution in [3.8, 4) is 0 Å². The summed E-state index contributed by atoms with van der Waals surface area (Å²) in [6, 6.07) is -0.449. The van der Waals surface area contributed by atoms with Crippen LogP contribution >= 0.6 is 11.6 Å². The van der Waals surface area contributed by atoms with Crippen molar-refractivity contribution in [2.75, 3.05) is 6.54 Å². The van der Waals surface area contributed by atoms with Gasteiger partial charge in [0.2, 0.25) is 5.91 Å². The van der Waals surface area contributed by atoms with Gasteiger partial charge in [0.1, 0.15) is 0 Å². The highest BCUT2D eigenvalue weighted by atomic mass is 35.5. The molecule has 1 heterocycles. The van der Waals surface area contributed by atoms with E-state index in [0.29, 0.717) is 0 Å². The maximum Gasteiger partial charge on any atom is 0.232 e. The first-order valence-corrected chi connectivity index (χ1v) is 10.8. The number of carbonyl (C=O) groups excluding carboxylic acids is 1. The van der Waals surface area contributed by atoms with Gasteiger partial charge in [-0.2, -0.15) is 0 Å². The van der Waals surface area contributed by atoms with Crippen LogP contribution in [0.4, 0.5) is 0 Å². The molecule has 6 nitrogen and oxygen atoms in total. The van der Waals surface area contributed by atoms with Gasteiger partial charge < -0.3 is 22.1 Å². The summed E-state index contributed by atoms with van der Waals surface area (Å²) < 4.78 is 0. The Bertz CT molecular complexity index is 573. The molecule has 1 aliphatic heterocycles. The Balaban J connectivity index is 3.04. The molecule has 6 N–H and O–H groups in total. The highest BCUT2D eigenvalue weighted by molar-refractivity contribution is 6.28. The molecule has 0 aromatic carbocycles. The van der Waals surface area contributed by atoms with E-state index in [4.69, 9.17) is 23.1 Å². The Morgan fingerprint density at radius 2 is 2.18 bits per heavy atom. The number of nitrogens with one attached hydrogen (secondary N) is 2. The minimum atomic E-state index is -0.833. The van der Waals surface area contributed by atoms with Crippen molar-refractivity contribution in [3.63, 3.8) is 0 Å². The van der Waals surface area contributed by atoms with E-state index in [1.807, 2.05) is 19.2 Å². The Morgan fingerprint density at radius 1 is 1.46 bits per heavy atom. The fourth-order valence-corrected chi connectivity index (χ4v) is 3.26. The lowest BCUT2D eigenvalue weighted by Crippen LogP contribution is -2.52. The van der Waals surface area contributed by atoms with Gasteiger partial charge in [-0.25, -0.2) is 0 Å². The smallest absolute Gasteiger partial charge is 0.232 e. The minimum absolute atomic E-state index is 0.166. The van der Waals surface area contributed by atoms with Crippen LogP contribution in [-0.2, 0) is 4.79 Å². The fourth-order valence-electron chi connectivity index (χ4n) is 3.04. The average Bonchev–Trinajstić information content (AvgIpc) is 2.65. The van der Waals surface area contributed by atoms with Crippen LogP contribution in [0.5, 0.6) is 0 Å². The summed E-state index contributed by atoms with van der Waals surface area (Å²) >= 11 is 6.36. The van der Waals surface area contributed by atoms with E-state index in [9.17, 15) is 4.79 Å². The molecule has 0 spiro atoms. The van der Waals surface area contributed by atoms with Gasteiger partial charge in [0.05, 0.1) is 23.5 Å². The molecule has 0 bridgehead atoms. The van der Waals surface area contributed by atoms with Gasteiger partial charge in [-0.05, 0) is 32.1 Å². The molecule has 1 rings (SSSR count). The third-order valence-corrected chi connectivity index (χ3v) is 5.46. The molecular weight excluding hydrogens is 374 g/mol. The average molecular weight is 412 g/mol. The van der Waals surface area contributed by atoms with Gasteiger partial charge in [0.25, 0.3) is 0 Å². The quantitative estimate of drug-likeness (QED) is 0.181. The van der Waals surface area contributed by atoms with Crippen LogP contribution in [0.25, 0.3) is 0 Å². The molecule has 1 aliphatic rings. The number of allylic oxidation sites excluding steroid dienone is 2. The molecular formula is C21H38ClN5O. The zero-order valence-corrected chi connectivity index (χ0v) is 18.5. The first-order valence-electron chi connectivity index (χ1n) is 10.4. The van der Waals surface area contributed by atoms with E-state index in [2.05, 4.69) is 36.4 Å². The number of halogens is 1. The van der Waals surface area contributed by atoms with Crippen molar-refractivity contribution in [3.05, 3.63) is 23.5 Å². The van der Waals surface area contributed by atoms with Crippen LogP contribution in [0.3, 0.4) is 0 Å². The van der Waals surface area contributed by atoms with Gasteiger partial charge in [0.15, 0.2) is 0 Å². The number of unbranched alkanes of at least 4 members (excludes halogenated alkanes) is 1. The van der Waals surface area contributed by atoms with Crippen LogP contribution in [0.2, 0.25) is 0 Å². The predicted molar refractivity (Wildman–Crippen MR) is 119 cm³/mol. The lowest BCUT2D eigenvalue weighted by atomic mass is 9.93. The van der Waals surface area contributed by atoms with Crippen LogP contribution in [-0.4, -0.2) is 36.3 Å². The summed E-state index contributed by atoms with van der Waals surface area (Å²) in [5.41, 5.74) is 14.0. The third kappa shape index (κ3) is 8.33. The number of alkyl halides is 1. The van der Waals surface area contributed by atoms with Crippen molar-refractivity contribution in [2.45, 2.75) is 77.4 Å². The molecule has 28 heavy (non-hydrogen) atoms. The Labute approximate surface area is 175 Å². The molecule has 160 valence electrons. The van der Waals surface area contributed by atoms with Crippen LogP contribution in [0, 0.1) is 11.8 Å². The number of rotatable bonds is 11. The highest BCUT2D eigenvalue weighted by Crippen LogP contribution is 2.19. The summed E-state index contributed by atoms with van der Waals surface area (Å²) in [6.45, 7) is 9.20. The number of nitrogens with two attached hydrogens (primary N) is 2. The standard InChI is InChI=1S/C21H38ClN5O/c1-5-7-8-16(22)12-26-17(11-14(3)6-2)19(20(23)24)21(28)27-18-13-25-10-9-15(18)4/h11-13,15-17,19-20,25H,5-10,23-24H2,1-4H3,(H,27,28)/b14-11-,26-12?. The summed E-state index contributed by atoms with van der Waals surface area (Å²) in [5.74, 6) is -0.613. The first-order chi connectivity index (χ1) is 13.3. The minimum Gasteiger partial charge on any atom is -0.389 e. The lowest BCUT2D eigenvalue weighted by Gasteiger charge is -2.28. The highest BCUT2D eigenvalue weighted by Gasteiger charge is 2.32. The maximum atomic E-state index is 13.1. The molecule has 4 atom stereocenters. The summed E-state index contributed by atoms with van der Waals surface area (Å²) in [4.78, 5) is 17.7. The Hall–Kier alpha value is -1.37. The number of aliphatic imine (C=N–C) groups is 1. The van der Waals surface area contributed by atoms with Crippen LogP contribution in [0.1, 0.15) is 59.8 Å². The largest absolute Gasteiger partial charge is 0.389 e. The molecule has 0 saturated carbocycles. The van der Waals surface area contributed by atoms with E-state index in [1.54, 1.807) is 6.21 Å². The Kier molecular flexibility index (Phi) is 11.4. The maximum absolute atomic E-state index is 13.1. The summed E-state index contributed by atoms with van der Waals surface area (Å²) in [6.07, 6.45) is 9.54. The number of amides is 1. The number of nitrogens with zero attached hydrogens (tertiary/aromatic N) is 1. The van der Waals surface area contributed by atoms with E-state index in [1.165, 1.54) is 0 Å². The summed E-state index contributed by atoms with van der Waals surface area (Å²) in [5, 5.41) is 6.01. The monoisotopic (exact) mass is 411 g/mol. The molecule has 7 heteroatoms. The molecule has 0 aromatic heterocycles. The van der Waals surface area contributed by atoms with Gasteiger partial charge >= 0.3 is 0 Å². The van der Waals surface area contributed by atoms with E-state index in [0.717, 1.165) is 49.9 Å². The number of carbonyl (C=O) groups is 1. The predicted octanol–water partition coefficient (Wildman–Crippen LogP) is 3.03.